The molecule has 1 aliphatic rings. The summed E-state index contributed by atoms with van der Waals surface area (Å²) in [6, 6.07) is 14.9. The number of nitrogens with one attached hydrogen (secondary N) is 2. The topological polar surface area (TPSA) is 79.3 Å². The fraction of sp³-hybridized carbons (Fsp3) is 0.0526. The van der Waals surface area contributed by atoms with E-state index >= 15 is 0 Å². The molecule has 0 atom stereocenters. The minimum Gasteiger partial charge on any atom is -0.321 e. The number of fused-ring (bicyclic) bond motifs is 1. The third-order valence-corrected chi connectivity index (χ3v) is 4.23. The molecule has 3 heterocycles. The number of hydrogen-bond acceptors (Lipinski definition) is 4. The molecule has 0 radical (unpaired) electrons. The number of benzene rings is 1. The highest BCUT2D eigenvalue weighted by Crippen LogP contribution is 2.16. The minimum absolute atomic E-state index is 0.254. The molecule has 7 heteroatoms. The lowest BCUT2D eigenvalue weighted by Gasteiger charge is -2.01. The Kier molecular flexibility index (Phi) is 4.33. The first-order chi connectivity index (χ1) is 12.7. The Morgan fingerprint density at radius 1 is 1.04 bits per heavy atom. The maximum absolute atomic E-state index is 12.1. The van der Waals surface area contributed by atoms with Gasteiger partial charge >= 0.3 is 0 Å². The summed E-state index contributed by atoms with van der Waals surface area (Å²) in [6.07, 6.45) is 3.40. The van der Waals surface area contributed by atoms with Gasteiger partial charge in [-0.3, -0.25) is 15.1 Å². The van der Waals surface area contributed by atoms with Gasteiger partial charge in [0.2, 0.25) is 5.96 Å². The zero-order valence-corrected chi connectivity index (χ0v) is 14.4. The van der Waals surface area contributed by atoms with Crippen LogP contribution in [0.2, 0.25) is 5.02 Å². The first-order valence-electron chi connectivity index (χ1n) is 7.99. The van der Waals surface area contributed by atoms with E-state index in [2.05, 4.69) is 25.6 Å². The van der Waals surface area contributed by atoms with Crippen molar-refractivity contribution in [3.05, 3.63) is 76.7 Å². The van der Waals surface area contributed by atoms with E-state index in [1.807, 2.05) is 48.5 Å². The van der Waals surface area contributed by atoms with Crippen LogP contribution in [0, 0.1) is 0 Å². The van der Waals surface area contributed by atoms with Crippen LogP contribution in [0.25, 0.3) is 17.1 Å². The van der Waals surface area contributed by atoms with Crippen molar-refractivity contribution in [1.29, 1.82) is 0 Å². The molecule has 0 aliphatic carbocycles. The Hall–Kier alpha value is -3.25. The van der Waals surface area contributed by atoms with Gasteiger partial charge in [-0.2, -0.15) is 0 Å². The quantitative estimate of drug-likeness (QED) is 0.701. The fourth-order valence-electron chi connectivity index (χ4n) is 2.56. The lowest BCUT2D eigenvalue weighted by molar-refractivity contribution is -0.115. The summed E-state index contributed by atoms with van der Waals surface area (Å²) in [5.41, 5.74) is 3.52. The highest BCUT2D eigenvalue weighted by atomic mass is 35.5. The van der Waals surface area contributed by atoms with Gasteiger partial charge in [-0.1, -0.05) is 29.8 Å². The van der Waals surface area contributed by atoms with Crippen LogP contribution in [0.1, 0.15) is 11.3 Å². The molecular weight excluding hydrogens is 350 g/mol. The number of carbonyl (C=O) groups is 1. The smallest absolute Gasteiger partial charge is 0.274 e. The molecule has 2 N–H and O–H groups in total. The second-order valence-electron chi connectivity index (χ2n) is 5.67. The molecule has 0 unspecified atom stereocenters. The summed E-state index contributed by atoms with van der Waals surface area (Å²) in [7, 11) is 0. The Morgan fingerprint density at radius 2 is 1.92 bits per heavy atom. The van der Waals surface area contributed by atoms with Gasteiger partial charge in [0.1, 0.15) is 5.70 Å². The largest absolute Gasteiger partial charge is 0.321 e. The van der Waals surface area contributed by atoms with Gasteiger partial charge in [0.25, 0.3) is 5.91 Å². The van der Waals surface area contributed by atoms with Crippen LogP contribution in [-0.2, 0) is 11.3 Å². The zero-order valence-electron chi connectivity index (χ0n) is 13.6. The standard InChI is InChI=1S/C19H14ClN5O/c20-14-5-2-1-4-12(14)11-22-19-24-17(18(26)25-19)10-13-7-8-15-16(23-13)6-3-9-21-15/h1-10H,11H2,(H2,22,24,25,26). The summed E-state index contributed by atoms with van der Waals surface area (Å²) in [6.45, 7) is 0.370. The Bertz CT molecular complexity index is 1060. The third kappa shape index (κ3) is 3.41. The summed E-state index contributed by atoms with van der Waals surface area (Å²) >= 11 is 6.12. The van der Waals surface area contributed by atoms with Gasteiger partial charge in [0, 0.05) is 11.2 Å². The van der Waals surface area contributed by atoms with Crippen molar-refractivity contribution >= 4 is 40.6 Å². The maximum Gasteiger partial charge on any atom is 0.274 e. The lowest BCUT2D eigenvalue weighted by atomic mass is 10.2. The fourth-order valence-corrected chi connectivity index (χ4v) is 2.76. The van der Waals surface area contributed by atoms with Gasteiger partial charge < -0.3 is 5.32 Å². The highest BCUT2D eigenvalue weighted by Gasteiger charge is 2.21. The molecule has 1 fully saturated rings. The van der Waals surface area contributed by atoms with E-state index < -0.39 is 0 Å². The second kappa shape index (κ2) is 6.93. The molecule has 128 valence electrons. The molecule has 6 nitrogen and oxygen atoms in total. The van der Waals surface area contributed by atoms with Crippen molar-refractivity contribution in [3.63, 3.8) is 0 Å². The first kappa shape index (κ1) is 16.2. The van der Waals surface area contributed by atoms with Crippen LogP contribution in [0.15, 0.2) is 65.4 Å². The monoisotopic (exact) mass is 363 g/mol. The average molecular weight is 364 g/mol. The number of hydrogen-bond donors (Lipinski definition) is 2. The van der Waals surface area contributed by atoms with Crippen molar-refractivity contribution in [3.8, 4) is 0 Å². The number of carbonyl (C=O) groups excluding carboxylic acids is 1. The lowest BCUT2D eigenvalue weighted by Crippen LogP contribution is -2.25. The van der Waals surface area contributed by atoms with E-state index in [4.69, 9.17) is 11.6 Å². The number of nitrogens with zero attached hydrogens (tertiary/aromatic N) is 3. The molecule has 4 rings (SSSR count). The number of aliphatic imine (C=N–C) groups is 1. The number of rotatable bonds is 3. The molecule has 2 aromatic heterocycles. The van der Waals surface area contributed by atoms with Gasteiger partial charge in [-0.05, 0) is 42.0 Å². The molecular formula is C19H14ClN5O. The van der Waals surface area contributed by atoms with E-state index in [-0.39, 0.29) is 5.91 Å². The van der Waals surface area contributed by atoms with Crippen molar-refractivity contribution in [2.24, 2.45) is 4.99 Å². The molecule has 1 aromatic carbocycles. The molecule has 0 saturated carbocycles. The predicted molar refractivity (Wildman–Crippen MR) is 101 cm³/mol. The normalized spacial score (nSPS) is 16.9. The Morgan fingerprint density at radius 3 is 2.81 bits per heavy atom. The second-order valence-corrected chi connectivity index (χ2v) is 6.08. The Labute approximate surface area is 154 Å². The van der Waals surface area contributed by atoms with Crippen LogP contribution in [0.3, 0.4) is 0 Å². The van der Waals surface area contributed by atoms with E-state index in [0.717, 1.165) is 16.6 Å². The number of pyridine rings is 2. The summed E-state index contributed by atoms with van der Waals surface area (Å²) in [5, 5.41) is 6.32. The number of guanidine groups is 1. The number of aromatic nitrogens is 2. The highest BCUT2D eigenvalue weighted by molar-refractivity contribution is 6.31. The van der Waals surface area contributed by atoms with Crippen molar-refractivity contribution in [1.82, 2.24) is 20.6 Å². The van der Waals surface area contributed by atoms with Crippen LogP contribution in [0.5, 0.6) is 0 Å². The molecule has 0 spiro atoms. The van der Waals surface area contributed by atoms with Crippen LogP contribution in [-0.4, -0.2) is 21.8 Å². The van der Waals surface area contributed by atoms with E-state index in [9.17, 15) is 4.79 Å². The van der Waals surface area contributed by atoms with Crippen LogP contribution < -0.4 is 10.6 Å². The Balaban J connectivity index is 1.54. The average Bonchev–Trinajstić information content (AvgIpc) is 3.00. The first-order valence-corrected chi connectivity index (χ1v) is 8.36. The summed E-state index contributed by atoms with van der Waals surface area (Å²) in [5.74, 6) is 0.139. The van der Waals surface area contributed by atoms with Crippen LogP contribution in [0.4, 0.5) is 0 Å². The van der Waals surface area contributed by atoms with Gasteiger partial charge in [-0.15, -0.1) is 0 Å². The molecule has 0 bridgehead atoms. The molecule has 1 aliphatic heterocycles. The number of amides is 1. The zero-order chi connectivity index (χ0) is 17.9. The van der Waals surface area contributed by atoms with Crippen molar-refractivity contribution in [2.45, 2.75) is 6.54 Å². The van der Waals surface area contributed by atoms with Crippen LogP contribution >= 0.6 is 11.6 Å². The third-order valence-electron chi connectivity index (χ3n) is 3.86. The summed E-state index contributed by atoms with van der Waals surface area (Å²) in [4.78, 5) is 25.2. The maximum atomic E-state index is 12.1. The van der Waals surface area contributed by atoms with Crippen molar-refractivity contribution in [2.75, 3.05) is 0 Å². The van der Waals surface area contributed by atoms with Gasteiger partial charge in [-0.25, -0.2) is 9.98 Å². The molecule has 1 saturated heterocycles. The molecule has 26 heavy (non-hydrogen) atoms. The van der Waals surface area contributed by atoms with Gasteiger partial charge in [0.15, 0.2) is 0 Å². The van der Waals surface area contributed by atoms with E-state index in [1.54, 1.807) is 12.3 Å². The van der Waals surface area contributed by atoms with E-state index in [1.165, 1.54) is 0 Å². The SMILES string of the molecule is O=C1NC(=NCc2ccccc2Cl)NC1=Cc1ccc2ncccc2n1. The summed E-state index contributed by atoms with van der Waals surface area (Å²) < 4.78 is 0. The van der Waals surface area contributed by atoms with Crippen molar-refractivity contribution < 1.29 is 4.79 Å². The minimum atomic E-state index is -0.254. The molecule has 1 amide bonds. The van der Waals surface area contributed by atoms with Gasteiger partial charge in [0.05, 0.1) is 23.3 Å². The molecule has 3 aromatic rings. The number of halogens is 1. The van der Waals surface area contributed by atoms with E-state index in [0.29, 0.717) is 28.9 Å². The predicted octanol–water partition coefficient (Wildman–Crippen LogP) is 2.90.